The summed E-state index contributed by atoms with van der Waals surface area (Å²) >= 11 is 0. The topological polar surface area (TPSA) is 131 Å². The van der Waals surface area contributed by atoms with E-state index >= 15 is 0 Å². The minimum Gasteiger partial charge on any atom is -0.376 e. The Morgan fingerprint density at radius 1 is 1.17 bits per heavy atom. The molecule has 3 aromatic rings. The summed E-state index contributed by atoms with van der Waals surface area (Å²) in [6.45, 7) is 0. The van der Waals surface area contributed by atoms with Gasteiger partial charge in [-0.25, -0.2) is 13.6 Å². The van der Waals surface area contributed by atoms with Gasteiger partial charge < -0.3 is 14.7 Å². The van der Waals surface area contributed by atoms with Crippen LogP contribution in [0, 0.1) is 0 Å². The highest BCUT2D eigenvalue weighted by atomic mass is 32.2. The minimum absolute atomic E-state index is 0.0807. The van der Waals surface area contributed by atoms with Crippen molar-refractivity contribution in [2.75, 3.05) is 24.3 Å². The summed E-state index contributed by atoms with van der Waals surface area (Å²) in [6, 6.07) is 13.7. The molecule has 0 aliphatic heterocycles. The number of carbonyl (C=O) groups is 1. The molecule has 0 aliphatic carbocycles. The van der Waals surface area contributed by atoms with E-state index < -0.39 is 10.0 Å². The van der Waals surface area contributed by atoms with Crippen LogP contribution < -0.4 is 15.4 Å². The van der Waals surface area contributed by atoms with Crippen LogP contribution in [0.5, 0.6) is 0 Å². The zero-order valence-electron chi connectivity index (χ0n) is 16.0. The molecule has 1 amide bonds. The summed E-state index contributed by atoms with van der Waals surface area (Å²) in [5.74, 6) is 0.473. The third-order valence-electron chi connectivity index (χ3n) is 4.12. The lowest BCUT2D eigenvalue weighted by atomic mass is 10.2. The fraction of sp³-hybridized carbons (Fsp3) is 0.211. The highest BCUT2D eigenvalue weighted by Gasteiger charge is 2.16. The van der Waals surface area contributed by atoms with E-state index in [2.05, 4.69) is 15.5 Å². The summed E-state index contributed by atoms with van der Waals surface area (Å²) in [4.78, 5) is 18.4. The van der Waals surface area contributed by atoms with Gasteiger partial charge in [0.05, 0.1) is 16.3 Å². The monoisotopic (exact) mass is 415 g/mol. The van der Waals surface area contributed by atoms with Crippen LogP contribution in [0.3, 0.4) is 0 Å². The smallest absolute Gasteiger partial charge is 0.238 e. The van der Waals surface area contributed by atoms with Crippen molar-refractivity contribution in [2.45, 2.75) is 17.7 Å². The van der Waals surface area contributed by atoms with Crippen molar-refractivity contribution in [3.8, 4) is 11.4 Å². The van der Waals surface area contributed by atoms with Crippen LogP contribution in [0.4, 0.5) is 11.4 Å². The van der Waals surface area contributed by atoms with Crippen molar-refractivity contribution in [1.82, 2.24) is 10.1 Å². The lowest BCUT2D eigenvalue weighted by Crippen LogP contribution is -2.19. The Hall–Kier alpha value is -3.24. The van der Waals surface area contributed by atoms with E-state index in [1.54, 1.807) is 25.1 Å². The van der Waals surface area contributed by atoms with Crippen LogP contribution in [0.15, 0.2) is 57.9 Å². The number of nitrogens with one attached hydrogen (secondary N) is 1. The number of amides is 1. The number of hydrogen-bond donors (Lipinski definition) is 2. The fourth-order valence-corrected chi connectivity index (χ4v) is 3.22. The quantitative estimate of drug-likeness (QED) is 0.603. The zero-order chi connectivity index (χ0) is 21.0. The van der Waals surface area contributed by atoms with E-state index in [9.17, 15) is 13.2 Å². The minimum atomic E-state index is -3.89. The second kappa shape index (κ2) is 8.41. The molecule has 0 spiro atoms. The largest absolute Gasteiger partial charge is 0.376 e. The molecule has 152 valence electrons. The number of aromatic nitrogens is 2. The number of nitrogens with zero attached hydrogens (tertiary/aromatic N) is 3. The Kier molecular flexibility index (Phi) is 5.95. The van der Waals surface area contributed by atoms with E-state index in [4.69, 9.17) is 9.66 Å². The van der Waals surface area contributed by atoms with Gasteiger partial charge >= 0.3 is 0 Å². The molecular weight excluding hydrogens is 394 g/mol. The Balaban J connectivity index is 1.69. The van der Waals surface area contributed by atoms with Crippen molar-refractivity contribution >= 4 is 27.3 Å². The first-order valence-corrected chi connectivity index (χ1v) is 10.3. The molecule has 3 rings (SSSR count). The van der Waals surface area contributed by atoms with Crippen LogP contribution in [0.1, 0.15) is 12.3 Å². The number of benzene rings is 2. The van der Waals surface area contributed by atoms with Crippen molar-refractivity contribution in [2.24, 2.45) is 5.14 Å². The lowest BCUT2D eigenvalue weighted by Gasteiger charge is -2.18. The number of rotatable bonds is 7. The molecule has 3 N–H and O–H groups in total. The van der Waals surface area contributed by atoms with Gasteiger partial charge in [-0.05, 0) is 18.2 Å². The van der Waals surface area contributed by atoms with Crippen LogP contribution in [0.25, 0.3) is 11.4 Å². The Bertz CT molecular complexity index is 1110. The van der Waals surface area contributed by atoms with Gasteiger partial charge in [0.25, 0.3) is 0 Å². The van der Waals surface area contributed by atoms with E-state index in [1.165, 1.54) is 12.1 Å². The van der Waals surface area contributed by atoms with Crippen molar-refractivity contribution in [3.63, 3.8) is 0 Å². The van der Waals surface area contributed by atoms with Gasteiger partial charge in [-0.2, -0.15) is 4.98 Å². The van der Waals surface area contributed by atoms with E-state index in [1.807, 2.05) is 30.3 Å². The molecule has 0 saturated heterocycles. The van der Waals surface area contributed by atoms with Gasteiger partial charge in [0, 0.05) is 32.5 Å². The van der Waals surface area contributed by atoms with Crippen molar-refractivity contribution in [3.05, 3.63) is 54.4 Å². The fourth-order valence-electron chi connectivity index (χ4n) is 2.68. The second-order valence-electron chi connectivity index (χ2n) is 6.54. The lowest BCUT2D eigenvalue weighted by molar-refractivity contribution is -0.116. The van der Waals surface area contributed by atoms with Crippen LogP contribution in [0.2, 0.25) is 0 Å². The predicted molar refractivity (Wildman–Crippen MR) is 109 cm³/mol. The molecule has 0 bridgehead atoms. The zero-order valence-corrected chi connectivity index (χ0v) is 16.8. The van der Waals surface area contributed by atoms with Crippen molar-refractivity contribution in [1.29, 1.82) is 0 Å². The highest BCUT2D eigenvalue weighted by molar-refractivity contribution is 7.89. The van der Waals surface area contributed by atoms with Crippen LogP contribution in [-0.4, -0.2) is 38.6 Å². The molecule has 1 aromatic heterocycles. The number of sulfonamides is 1. The molecule has 0 fully saturated rings. The van der Waals surface area contributed by atoms with Gasteiger partial charge in [-0.15, -0.1) is 0 Å². The first kappa shape index (κ1) is 20.5. The number of aryl methyl sites for hydroxylation is 1. The first-order valence-electron chi connectivity index (χ1n) is 8.76. The number of anilines is 2. The first-order chi connectivity index (χ1) is 13.7. The Morgan fingerprint density at radius 3 is 2.55 bits per heavy atom. The molecular formula is C19H21N5O4S. The number of nitrogens with two attached hydrogens (primary N) is 1. The Labute approximate surface area is 168 Å². The van der Waals surface area contributed by atoms with E-state index in [0.717, 1.165) is 5.56 Å². The maximum absolute atomic E-state index is 12.4. The molecule has 0 radical (unpaired) electrons. The maximum Gasteiger partial charge on any atom is 0.238 e. The third kappa shape index (κ3) is 5.18. The third-order valence-corrected chi connectivity index (χ3v) is 5.03. The molecule has 0 unspecified atom stereocenters. The molecule has 0 saturated carbocycles. The number of hydrogen-bond acceptors (Lipinski definition) is 7. The van der Waals surface area contributed by atoms with E-state index in [0.29, 0.717) is 23.1 Å². The predicted octanol–water partition coefficient (Wildman–Crippen LogP) is 2.02. The summed E-state index contributed by atoms with van der Waals surface area (Å²) in [6.07, 6.45) is 0.334. The number of carbonyl (C=O) groups excluding carboxylic acids is 1. The summed E-state index contributed by atoms with van der Waals surface area (Å²) in [5, 5.41) is 11.8. The molecule has 10 heteroatoms. The summed E-state index contributed by atoms with van der Waals surface area (Å²) in [5.41, 5.74) is 1.82. The SMILES string of the molecule is CN(C)c1ccc(S(N)(=O)=O)cc1NC(=O)CCc1nc(-c2ccccc2)no1. The molecule has 2 aromatic carbocycles. The van der Waals surface area contributed by atoms with Gasteiger partial charge in [-0.3, -0.25) is 4.79 Å². The normalized spacial score (nSPS) is 11.3. The molecule has 1 heterocycles. The second-order valence-corrected chi connectivity index (χ2v) is 8.11. The van der Waals surface area contributed by atoms with Gasteiger partial charge in [0.2, 0.25) is 27.6 Å². The van der Waals surface area contributed by atoms with Gasteiger partial charge in [-0.1, -0.05) is 35.5 Å². The summed E-state index contributed by atoms with van der Waals surface area (Å²) < 4.78 is 28.4. The van der Waals surface area contributed by atoms with Gasteiger partial charge in [0.1, 0.15) is 0 Å². The molecule has 0 aliphatic rings. The maximum atomic E-state index is 12.4. The van der Waals surface area contributed by atoms with Crippen molar-refractivity contribution < 1.29 is 17.7 Å². The Morgan fingerprint density at radius 2 is 1.90 bits per heavy atom. The average molecular weight is 415 g/mol. The highest BCUT2D eigenvalue weighted by Crippen LogP contribution is 2.27. The van der Waals surface area contributed by atoms with Crippen LogP contribution >= 0.6 is 0 Å². The number of primary sulfonamides is 1. The van der Waals surface area contributed by atoms with E-state index in [-0.39, 0.29) is 23.6 Å². The van der Waals surface area contributed by atoms with Gasteiger partial charge in [0.15, 0.2) is 0 Å². The molecule has 0 atom stereocenters. The standard InChI is InChI=1S/C19H21N5O4S/c1-24(2)16-9-8-14(29(20,26)27)12-15(16)21-17(25)10-11-18-22-19(23-28-18)13-6-4-3-5-7-13/h3-9,12H,10-11H2,1-2H3,(H,21,25)(H2,20,26,27). The average Bonchev–Trinajstić information content (AvgIpc) is 3.15. The summed E-state index contributed by atoms with van der Waals surface area (Å²) in [7, 11) is -0.320. The van der Waals surface area contributed by atoms with Crippen LogP contribution in [-0.2, 0) is 21.2 Å². The molecule has 29 heavy (non-hydrogen) atoms. The molecule has 9 nitrogen and oxygen atoms in total.